The molecule has 0 radical (unpaired) electrons. The predicted molar refractivity (Wildman–Crippen MR) is 85.8 cm³/mol. The maximum absolute atomic E-state index is 7.34. The minimum Gasteiger partial charge on any atom is -0.261 e. The van der Waals surface area contributed by atoms with E-state index in [1.165, 1.54) is 10.9 Å². The van der Waals surface area contributed by atoms with Crippen molar-refractivity contribution < 1.29 is 0 Å². The summed E-state index contributed by atoms with van der Waals surface area (Å²) in [7, 11) is 0. The third-order valence-corrected chi connectivity index (χ3v) is 3.91. The van der Waals surface area contributed by atoms with Gasteiger partial charge in [-0.1, -0.05) is 35.9 Å². The first kappa shape index (κ1) is 13.4. The van der Waals surface area contributed by atoms with E-state index in [0.29, 0.717) is 12.2 Å². The monoisotopic (exact) mass is 275 g/mol. The average Bonchev–Trinajstić information content (AvgIpc) is 2.77. The van der Waals surface area contributed by atoms with Gasteiger partial charge in [-0.2, -0.15) is 5.10 Å². The van der Waals surface area contributed by atoms with E-state index in [2.05, 4.69) is 35.1 Å². The third kappa shape index (κ3) is 2.30. The maximum atomic E-state index is 7.34. The molecule has 0 spiro atoms. The van der Waals surface area contributed by atoms with Gasteiger partial charge in [-0.15, -0.1) is 0 Å². The zero-order valence-corrected chi connectivity index (χ0v) is 12.5. The van der Waals surface area contributed by atoms with Gasteiger partial charge in [0.05, 0.1) is 24.3 Å². The largest absolute Gasteiger partial charge is 0.261 e. The van der Waals surface area contributed by atoms with E-state index in [0.717, 1.165) is 22.3 Å². The zero-order valence-electron chi connectivity index (χ0n) is 12.5. The number of aryl methyl sites for hydroxylation is 3. The molecule has 3 rings (SSSR count). The molecule has 0 bridgehead atoms. The summed E-state index contributed by atoms with van der Waals surface area (Å²) < 4.78 is 2.01. The minimum atomic E-state index is 0.637. The van der Waals surface area contributed by atoms with E-state index in [1.54, 1.807) is 0 Å². The van der Waals surface area contributed by atoms with Gasteiger partial charge in [-0.05, 0) is 38.0 Å². The van der Waals surface area contributed by atoms with Crippen molar-refractivity contribution in [1.82, 2.24) is 9.78 Å². The third-order valence-electron chi connectivity index (χ3n) is 3.91. The first-order valence-corrected chi connectivity index (χ1v) is 7.00. The van der Waals surface area contributed by atoms with Crippen molar-refractivity contribution >= 4 is 16.6 Å². The van der Waals surface area contributed by atoms with Gasteiger partial charge in [0, 0.05) is 5.39 Å². The lowest BCUT2D eigenvalue weighted by Crippen LogP contribution is -2.03. The molecule has 0 aliphatic carbocycles. The van der Waals surface area contributed by atoms with Crippen molar-refractivity contribution in [2.45, 2.75) is 27.3 Å². The van der Waals surface area contributed by atoms with E-state index < -0.39 is 0 Å². The highest BCUT2D eigenvalue weighted by Crippen LogP contribution is 2.26. The standard InChI is InChI=1S/C18H17N3/c1-12-8-9-15-14(3)20-21(18(15)10-12)11-16-13(2)6-5-7-17(16)19-4/h5-10H,11H2,1-3H3. The molecule has 1 aromatic heterocycles. The van der Waals surface area contributed by atoms with Gasteiger partial charge in [0.25, 0.3) is 0 Å². The molecule has 0 saturated heterocycles. The molecule has 2 aromatic carbocycles. The Morgan fingerprint density at radius 1 is 1.14 bits per heavy atom. The van der Waals surface area contributed by atoms with Crippen LogP contribution in [0.15, 0.2) is 36.4 Å². The van der Waals surface area contributed by atoms with Crippen LogP contribution in [0.5, 0.6) is 0 Å². The van der Waals surface area contributed by atoms with Gasteiger partial charge in [0.15, 0.2) is 5.69 Å². The molecule has 21 heavy (non-hydrogen) atoms. The summed E-state index contributed by atoms with van der Waals surface area (Å²) in [6.45, 7) is 14.1. The van der Waals surface area contributed by atoms with E-state index in [9.17, 15) is 0 Å². The Balaban J connectivity index is 2.16. The van der Waals surface area contributed by atoms with Crippen LogP contribution >= 0.6 is 0 Å². The van der Waals surface area contributed by atoms with Crippen molar-refractivity contribution in [1.29, 1.82) is 0 Å². The molecular weight excluding hydrogens is 258 g/mol. The van der Waals surface area contributed by atoms with Gasteiger partial charge in [0.2, 0.25) is 0 Å². The van der Waals surface area contributed by atoms with Crippen molar-refractivity contribution in [3.8, 4) is 0 Å². The Bertz CT molecular complexity index is 866. The summed E-state index contributed by atoms with van der Waals surface area (Å²) in [5, 5.41) is 5.84. The summed E-state index contributed by atoms with van der Waals surface area (Å²) in [6, 6.07) is 12.2. The van der Waals surface area contributed by atoms with Crippen LogP contribution in [0, 0.1) is 27.3 Å². The van der Waals surface area contributed by atoms with Gasteiger partial charge < -0.3 is 0 Å². The van der Waals surface area contributed by atoms with Crippen LogP contribution in [0.25, 0.3) is 15.7 Å². The zero-order chi connectivity index (χ0) is 15.0. The average molecular weight is 275 g/mol. The highest BCUT2D eigenvalue weighted by molar-refractivity contribution is 5.82. The summed E-state index contributed by atoms with van der Waals surface area (Å²) in [5.41, 5.74) is 6.29. The van der Waals surface area contributed by atoms with E-state index in [-0.39, 0.29) is 0 Å². The first-order valence-electron chi connectivity index (χ1n) is 7.00. The molecule has 0 unspecified atom stereocenters. The van der Waals surface area contributed by atoms with E-state index >= 15 is 0 Å². The minimum absolute atomic E-state index is 0.637. The number of fused-ring (bicyclic) bond motifs is 1. The van der Waals surface area contributed by atoms with Crippen molar-refractivity contribution in [2.24, 2.45) is 0 Å². The smallest absolute Gasteiger partial charge is 0.192 e. The summed E-state index contributed by atoms with van der Waals surface area (Å²) >= 11 is 0. The number of hydrogen-bond acceptors (Lipinski definition) is 1. The molecule has 3 nitrogen and oxygen atoms in total. The molecule has 0 aliphatic heterocycles. The number of aromatic nitrogens is 2. The molecule has 0 fully saturated rings. The summed E-state index contributed by atoms with van der Waals surface area (Å²) in [4.78, 5) is 3.64. The van der Waals surface area contributed by atoms with Gasteiger partial charge in [-0.25, -0.2) is 4.85 Å². The topological polar surface area (TPSA) is 22.2 Å². The van der Waals surface area contributed by atoms with E-state index in [4.69, 9.17) is 6.57 Å². The lowest BCUT2D eigenvalue weighted by atomic mass is 10.1. The molecule has 104 valence electrons. The Labute approximate surface area is 124 Å². The molecule has 0 atom stereocenters. The van der Waals surface area contributed by atoms with Crippen LogP contribution in [0.1, 0.15) is 22.4 Å². The maximum Gasteiger partial charge on any atom is 0.192 e. The molecule has 1 heterocycles. The fraction of sp³-hybridized carbons (Fsp3) is 0.222. The van der Waals surface area contributed by atoms with Crippen LogP contribution < -0.4 is 0 Å². The highest BCUT2D eigenvalue weighted by atomic mass is 15.3. The molecule has 3 aromatic rings. The lowest BCUT2D eigenvalue weighted by Gasteiger charge is -2.09. The van der Waals surface area contributed by atoms with Crippen molar-refractivity contribution in [3.63, 3.8) is 0 Å². The van der Waals surface area contributed by atoms with Crippen LogP contribution in [-0.2, 0) is 6.54 Å². The van der Waals surface area contributed by atoms with Gasteiger partial charge in [-0.3, -0.25) is 4.68 Å². The fourth-order valence-corrected chi connectivity index (χ4v) is 2.72. The molecule has 0 aliphatic rings. The molecule has 3 heteroatoms. The summed E-state index contributed by atoms with van der Waals surface area (Å²) in [5.74, 6) is 0. The number of nitrogens with zero attached hydrogens (tertiary/aromatic N) is 3. The van der Waals surface area contributed by atoms with Crippen LogP contribution in [0.3, 0.4) is 0 Å². The Morgan fingerprint density at radius 3 is 2.71 bits per heavy atom. The highest BCUT2D eigenvalue weighted by Gasteiger charge is 2.11. The molecule has 0 saturated carbocycles. The first-order chi connectivity index (χ1) is 10.1. The second-order valence-corrected chi connectivity index (χ2v) is 5.45. The Hall–Kier alpha value is -2.60. The SMILES string of the molecule is [C-]#[N+]c1cccc(C)c1Cn1nc(C)c2ccc(C)cc21. The second kappa shape index (κ2) is 5.06. The molecular formula is C18H17N3. The Morgan fingerprint density at radius 2 is 1.95 bits per heavy atom. The van der Waals surface area contributed by atoms with Crippen molar-refractivity contribution in [2.75, 3.05) is 0 Å². The van der Waals surface area contributed by atoms with Crippen LogP contribution in [-0.4, -0.2) is 9.78 Å². The van der Waals surface area contributed by atoms with Crippen LogP contribution in [0.2, 0.25) is 0 Å². The quantitative estimate of drug-likeness (QED) is 0.628. The van der Waals surface area contributed by atoms with Gasteiger partial charge >= 0.3 is 0 Å². The molecule has 0 N–H and O–H groups in total. The number of hydrogen-bond donors (Lipinski definition) is 0. The van der Waals surface area contributed by atoms with Crippen LogP contribution in [0.4, 0.5) is 5.69 Å². The van der Waals surface area contributed by atoms with Crippen molar-refractivity contribution in [3.05, 3.63) is 70.2 Å². The second-order valence-electron chi connectivity index (χ2n) is 5.45. The summed E-state index contributed by atoms with van der Waals surface area (Å²) in [6.07, 6.45) is 0. The molecule has 0 amide bonds. The lowest BCUT2D eigenvalue weighted by molar-refractivity contribution is 0.702. The van der Waals surface area contributed by atoms with E-state index in [1.807, 2.05) is 36.7 Å². The van der Waals surface area contributed by atoms with Gasteiger partial charge in [0.1, 0.15) is 0 Å². The number of benzene rings is 2. The predicted octanol–water partition coefficient (Wildman–Crippen LogP) is 4.56. The normalized spacial score (nSPS) is 10.8. The Kier molecular flexibility index (Phi) is 3.23. The number of rotatable bonds is 2. The fourth-order valence-electron chi connectivity index (χ4n) is 2.72.